The van der Waals surface area contributed by atoms with Gasteiger partial charge in [-0.3, -0.25) is 0 Å². The zero-order valence-corrected chi connectivity index (χ0v) is 12.2. The fourth-order valence-electron chi connectivity index (χ4n) is 3.00. The number of para-hydroxylation sites is 1. The van der Waals surface area contributed by atoms with Gasteiger partial charge in [0, 0.05) is 23.8 Å². The van der Waals surface area contributed by atoms with Gasteiger partial charge in [-0.05, 0) is 31.9 Å². The second kappa shape index (κ2) is 5.80. The summed E-state index contributed by atoms with van der Waals surface area (Å²) in [6.45, 7) is 3.26. The van der Waals surface area contributed by atoms with Crippen molar-refractivity contribution >= 4 is 0 Å². The van der Waals surface area contributed by atoms with Crippen molar-refractivity contribution in [3.05, 3.63) is 48.3 Å². The smallest absolute Gasteiger partial charge is 0.0645 e. The first-order valence-corrected chi connectivity index (χ1v) is 7.59. The molecule has 0 radical (unpaired) electrons. The van der Waals surface area contributed by atoms with Crippen LogP contribution in [0, 0.1) is 0 Å². The molecule has 0 bridgehead atoms. The van der Waals surface area contributed by atoms with Crippen LogP contribution in [-0.2, 0) is 6.54 Å². The molecular formula is C17H23N3. The number of nitrogens with zero attached hydrogens (tertiary/aromatic N) is 2. The monoisotopic (exact) mass is 269 g/mol. The largest absolute Gasteiger partial charge is 0.307 e. The maximum Gasteiger partial charge on any atom is 0.0645 e. The summed E-state index contributed by atoms with van der Waals surface area (Å²) >= 11 is 0. The van der Waals surface area contributed by atoms with Crippen LogP contribution in [0.5, 0.6) is 0 Å². The van der Waals surface area contributed by atoms with Gasteiger partial charge < -0.3 is 5.32 Å². The molecule has 0 saturated heterocycles. The minimum absolute atomic E-state index is 0.313. The molecule has 0 spiro atoms. The quantitative estimate of drug-likeness (QED) is 0.917. The molecular weight excluding hydrogens is 246 g/mol. The van der Waals surface area contributed by atoms with Crippen LogP contribution in [0.1, 0.15) is 44.6 Å². The van der Waals surface area contributed by atoms with Crippen LogP contribution < -0.4 is 5.32 Å². The molecule has 3 rings (SSSR count). The second-order valence-corrected chi connectivity index (χ2v) is 6.10. The molecule has 1 aliphatic carbocycles. The SMILES string of the molecule is CC1(NCc2cnn(-c3ccccc3)c2)CCCCC1. The first kappa shape index (κ1) is 13.4. The zero-order chi connectivity index (χ0) is 13.8. The molecule has 1 aromatic carbocycles. The Hall–Kier alpha value is -1.61. The Kier molecular flexibility index (Phi) is 3.88. The highest BCUT2D eigenvalue weighted by Gasteiger charge is 2.25. The zero-order valence-electron chi connectivity index (χ0n) is 12.2. The van der Waals surface area contributed by atoms with Gasteiger partial charge in [-0.2, -0.15) is 5.10 Å². The lowest BCUT2D eigenvalue weighted by Crippen LogP contribution is -2.43. The number of benzene rings is 1. The number of aromatic nitrogens is 2. The predicted octanol–water partition coefficient (Wildman–Crippen LogP) is 3.68. The molecule has 0 amide bonds. The van der Waals surface area contributed by atoms with Gasteiger partial charge >= 0.3 is 0 Å². The van der Waals surface area contributed by atoms with E-state index in [1.807, 2.05) is 29.1 Å². The van der Waals surface area contributed by atoms with Crippen LogP contribution >= 0.6 is 0 Å². The third-order valence-electron chi connectivity index (χ3n) is 4.33. The van der Waals surface area contributed by atoms with Gasteiger partial charge in [0.1, 0.15) is 0 Å². The second-order valence-electron chi connectivity index (χ2n) is 6.10. The molecule has 3 heteroatoms. The van der Waals surface area contributed by atoms with Crippen LogP contribution in [0.3, 0.4) is 0 Å². The molecule has 3 nitrogen and oxygen atoms in total. The Bertz CT molecular complexity index is 538. The molecule has 1 N–H and O–H groups in total. The summed E-state index contributed by atoms with van der Waals surface area (Å²) in [5.74, 6) is 0. The van der Waals surface area contributed by atoms with Gasteiger partial charge in [0.25, 0.3) is 0 Å². The fraction of sp³-hybridized carbons (Fsp3) is 0.471. The lowest BCUT2D eigenvalue weighted by Gasteiger charge is -2.34. The summed E-state index contributed by atoms with van der Waals surface area (Å²) in [6, 6.07) is 10.3. The Labute approximate surface area is 121 Å². The van der Waals surface area contributed by atoms with E-state index in [2.05, 4.69) is 35.7 Å². The first-order chi connectivity index (χ1) is 9.75. The van der Waals surface area contributed by atoms with Crippen LogP contribution in [0.4, 0.5) is 0 Å². The lowest BCUT2D eigenvalue weighted by atomic mass is 9.83. The first-order valence-electron chi connectivity index (χ1n) is 7.59. The predicted molar refractivity (Wildman–Crippen MR) is 81.9 cm³/mol. The number of rotatable bonds is 4. The summed E-state index contributed by atoms with van der Waals surface area (Å²) in [7, 11) is 0. The standard InChI is InChI=1S/C17H23N3/c1-17(10-6-3-7-11-17)18-12-15-13-19-20(14-15)16-8-4-2-5-9-16/h2,4-5,8-9,13-14,18H,3,6-7,10-12H2,1H3. The van der Waals surface area contributed by atoms with E-state index in [9.17, 15) is 0 Å². The minimum Gasteiger partial charge on any atom is -0.307 e. The van der Waals surface area contributed by atoms with Gasteiger partial charge in [0.05, 0.1) is 11.9 Å². The van der Waals surface area contributed by atoms with Crippen LogP contribution in [0.15, 0.2) is 42.7 Å². The Morgan fingerprint density at radius 1 is 1.15 bits per heavy atom. The lowest BCUT2D eigenvalue weighted by molar-refractivity contribution is 0.252. The maximum absolute atomic E-state index is 4.45. The summed E-state index contributed by atoms with van der Waals surface area (Å²) in [6.07, 6.45) is 10.8. The molecule has 1 aliphatic rings. The number of nitrogens with one attached hydrogen (secondary N) is 1. The maximum atomic E-state index is 4.45. The van der Waals surface area contributed by atoms with Crippen LogP contribution in [0.25, 0.3) is 5.69 Å². The Morgan fingerprint density at radius 2 is 1.90 bits per heavy atom. The van der Waals surface area contributed by atoms with Crippen molar-refractivity contribution in [1.82, 2.24) is 15.1 Å². The summed E-state index contributed by atoms with van der Waals surface area (Å²) in [5, 5.41) is 8.18. The third-order valence-corrected chi connectivity index (χ3v) is 4.33. The van der Waals surface area contributed by atoms with E-state index in [1.165, 1.54) is 37.7 Å². The molecule has 1 saturated carbocycles. The van der Waals surface area contributed by atoms with Gasteiger partial charge in [0.2, 0.25) is 0 Å². The summed E-state index contributed by atoms with van der Waals surface area (Å²) in [5.41, 5.74) is 2.68. The van der Waals surface area contributed by atoms with Gasteiger partial charge in [-0.1, -0.05) is 37.5 Å². The van der Waals surface area contributed by atoms with Crippen LogP contribution in [-0.4, -0.2) is 15.3 Å². The Balaban J connectivity index is 1.63. The molecule has 1 aromatic heterocycles. The Morgan fingerprint density at radius 3 is 2.65 bits per heavy atom. The van der Waals surface area contributed by atoms with Crippen molar-refractivity contribution in [3.8, 4) is 5.69 Å². The van der Waals surface area contributed by atoms with Crippen molar-refractivity contribution in [2.24, 2.45) is 0 Å². The number of hydrogen-bond acceptors (Lipinski definition) is 2. The van der Waals surface area contributed by atoms with Crippen LogP contribution in [0.2, 0.25) is 0 Å². The summed E-state index contributed by atoms with van der Waals surface area (Å²) in [4.78, 5) is 0. The van der Waals surface area contributed by atoms with Crippen molar-refractivity contribution in [3.63, 3.8) is 0 Å². The van der Waals surface area contributed by atoms with E-state index in [1.54, 1.807) is 0 Å². The van der Waals surface area contributed by atoms with Gasteiger partial charge in [-0.15, -0.1) is 0 Å². The highest BCUT2D eigenvalue weighted by atomic mass is 15.3. The van der Waals surface area contributed by atoms with Gasteiger partial charge in [0.15, 0.2) is 0 Å². The molecule has 1 heterocycles. The van der Waals surface area contributed by atoms with E-state index >= 15 is 0 Å². The number of hydrogen-bond donors (Lipinski definition) is 1. The minimum atomic E-state index is 0.313. The van der Waals surface area contributed by atoms with E-state index in [-0.39, 0.29) is 0 Å². The van der Waals surface area contributed by atoms with Crippen molar-refractivity contribution in [2.75, 3.05) is 0 Å². The fourth-order valence-corrected chi connectivity index (χ4v) is 3.00. The molecule has 20 heavy (non-hydrogen) atoms. The highest BCUT2D eigenvalue weighted by molar-refractivity contribution is 5.30. The molecule has 106 valence electrons. The van der Waals surface area contributed by atoms with E-state index in [4.69, 9.17) is 0 Å². The molecule has 1 fully saturated rings. The van der Waals surface area contributed by atoms with Crippen molar-refractivity contribution in [1.29, 1.82) is 0 Å². The third kappa shape index (κ3) is 3.10. The average molecular weight is 269 g/mol. The van der Waals surface area contributed by atoms with E-state index < -0.39 is 0 Å². The molecule has 2 aromatic rings. The molecule has 0 atom stereocenters. The van der Waals surface area contributed by atoms with Gasteiger partial charge in [-0.25, -0.2) is 4.68 Å². The summed E-state index contributed by atoms with van der Waals surface area (Å²) < 4.78 is 1.94. The molecule has 0 unspecified atom stereocenters. The van der Waals surface area contributed by atoms with E-state index in [0.717, 1.165) is 12.2 Å². The van der Waals surface area contributed by atoms with Crippen molar-refractivity contribution < 1.29 is 0 Å². The van der Waals surface area contributed by atoms with Crippen molar-refractivity contribution in [2.45, 2.75) is 51.1 Å². The highest BCUT2D eigenvalue weighted by Crippen LogP contribution is 2.27. The normalized spacial score (nSPS) is 18.1. The van der Waals surface area contributed by atoms with E-state index in [0.29, 0.717) is 5.54 Å². The molecule has 0 aliphatic heterocycles. The topological polar surface area (TPSA) is 29.9 Å². The average Bonchev–Trinajstić information content (AvgIpc) is 2.96.